The van der Waals surface area contributed by atoms with Crippen molar-refractivity contribution in [2.75, 3.05) is 26.7 Å². The van der Waals surface area contributed by atoms with E-state index in [0.717, 1.165) is 42.7 Å². The van der Waals surface area contributed by atoms with Gasteiger partial charge in [-0.05, 0) is 55.4 Å². The molecular formula is C25H30N4O3. The molecular weight excluding hydrogens is 404 g/mol. The zero-order chi connectivity index (χ0) is 22.3. The molecule has 32 heavy (non-hydrogen) atoms. The van der Waals surface area contributed by atoms with Gasteiger partial charge in [-0.15, -0.1) is 0 Å². The number of carbonyl (C=O) groups excluding carboxylic acids is 1. The van der Waals surface area contributed by atoms with Crippen molar-refractivity contribution in [3.8, 4) is 17.1 Å². The molecule has 7 nitrogen and oxygen atoms in total. The highest BCUT2D eigenvalue weighted by atomic mass is 16.5. The van der Waals surface area contributed by atoms with Crippen molar-refractivity contribution in [3.63, 3.8) is 0 Å². The minimum absolute atomic E-state index is 0.00524. The minimum atomic E-state index is -0.00524. The Hall–Kier alpha value is -3.35. The molecule has 1 atom stereocenters. The van der Waals surface area contributed by atoms with Crippen molar-refractivity contribution in [3.05, 3.63) is 65.5 Å². The molecule has 2 amide bonds. The van der Waals surface area contributed by atoms with Crippen LogP contribution in [0.4, 0.5) is 4.79 Å². The fraction of sp³-hybridized carbons (Fsp3) is 0.400. The second kappa shape index (κ2) is 10.3. The van der Waals surface area contributed by atoms with Crippen LogP contribution in [0.1, 0.15) is 29.9 Å². The second-order valence-electron chi connectivity index (χ2n) is 8.32. The number of aromatic nitrogens is 2. The first-order valence-corrected chi connectivity index (χ1v) is 11.2. The summed E-state index contributed by atoms with van der Waals surface area (Å²) in [7, 11) is 1.66. The van der Waals surface area contributed by atoms with Crippen LogP contribution >= 0.6 is 0 Å². The Morgan fingerprint density at radius 1 is 1.22 bits per heavy atom. The van der Waals surface area contributed by atoms with Gasteiger partial charge in [0.25, 0.3) is 0 Å². The largest absolute Gasteiger partial charge is 0.497 e. The Balaban J connectivity index is 1.26. The molecule has 1 aliphatic heterocycles. The summed E-state index contributed by atoms with van der Waals surface area (Å²) in [5, 5.41) is 7.21. The zero-order valence-corrected chi connectivity index (χ0v) is 18.7. The summed E-state index contributed by atoms with van der Waals surface area (Å²) < 4.78 is 10.7. The number of piperidine rings is 1. The lowest BCUT2D eigenvalue weighted by Crippen LogP contribution is -2.46. The number of methoxy groups -OCH3 is 1. The van der Waals surface area contributed by atoms with Gasteiger partial charge in [0.1, 0.15) is 5.75 Å². The quantitative estimate of drug-likeness (QED) is 0.601. The van der Waals surface area contributed by atoms with Crippen LogP contribution in [0.15, 0.2) is 53.1 Å². The lowest BCUT2D eigenvalue weighted by atomic mass is 9.95. The normalized spacial score (nSPS) is 16.1. The van der Waals surface area contributed by atoms with Crippen LogP contribution < -0.4 is 10.1 Å². The average molecular weight is 435 g/mol. The smallest absolute Gasteiger partial charge is 0.317 e. The monoisotopic (exact) mass is 434 g/mol. The van der Waals surface area contributed by atoms with E-state index in [1.807, 2.05) is 60.4 Å². The predicted octanol–water partition coefficient (Wildman–Crippen LogP) is 4.26. The number of likely N-dealkylation sites (tertiary alicyclic amines) is 1. The maximum Gasteiger partial charge on any atom is 0.317 e. The summed E-state index contributed by atoms with van der Waals surface area (Å²) in [6, 6.07) is 15.9. The van der Waals surface area contributed by atoms with Gasteiger partial charge in [-0.3, -0.25) is 0 Å². The molecule has 168 valence electrons. The van der Waals surface area contributed by atoms with Crippen molar-refractivity contribution >= 4 is 6.03 Å². The highest BCUT2D eigenvalue weighted by molar-refractivity contribution is 5.74. The molecule has 0 saturated carbocycles. The maximum atomic E-state index is 12.7. The van der Waals surface area contributed by atoms with Crippen LogP contribution in [-0.4, -0.2) is 47.8 Å². The molecule has 0 aliphatic carbocycles. The van der Waals surface area contributed by atoms with Crippen molar-refractivity contribution in [2.24, 2.45) is 5.92 Å². The summed E-state index contributed by atoms with van der Waals surface area (Å²) in [5.41, 5.74) is 3.28. The Morgan fingerprint density at radius 2 is 2.03 bits per heavy atom. The summed E-state index contributed by atoms with van der Waals surface area (Å²) in [4.78, 5) is 19.2. The number of carbonyl (C=O) groups is 1. The molecule has 2 aromatic carbocycles. The highest BCUT2D eigenvalue weighted by Crippen LogP contribution is 2.24. The van der Waals surface area contributed by atoms with E-state index in [0.29, 0.717) is 37.1 Å². The summed E-state index contributed by atoms with van der Waals surface area (Å²) in [6.07, 6.45) is 3.51. The van der Waals surface area contributed by atoms with Gasteiger partial charge in [0.2, 0.25) is 11.7 Å². The van der Waals surface area contributed by atoms with Crippen molar-refractivity contribution < 1.29 is 14.1 Å². The van der Waals surface area contributed by atoms with Gasteiger partial charge in [0, 0.05) is 31.6 Å². The number of benzene rings is 2. The summed E-state index contributed by atoms with van der Waals surface area (Å²) >= 11 is 0. The van der Waals surface area contributed by atoms with Gasteiger partial charge >= 0.3 is 6.03 Å². The van der Waals surface area contributed by atoms with Crippen molar-refractivity contribution in [1.29, 1.82) is 0 Å². The lowest BCUT2D eigenvalue weighted by molar-refractivity contribution is 0.162. The fourth-order valence-electron chi connectivity index (χ4n) is 4.15. The third-order valence-corrected chi connectivity index (χ3v) is 5.97. The van der Waals surface area contributed by atoms with Crippen LogP contribution in [0, 0.1) is 12.8 Å². The fourth-order valence-corrected chi connectivity index (χ4v) is 4.15. The van der Waals surface area contributed by atoms with Gasteiger partial charge in [0.15, 0.2) is 0 Å². The third-order valence-electron chi connectivity index (χ3n) is 5.97. The van der Waals surface area contributed by atoms with Crippen LogP contribution in [0.2, 0.25) is 0 Å². The molecule has 1 saturated heterocycles. The number of hydrogen-bond acceptors (Lipinski definition) is 5. The van der Waals surface area contributed by atoms with Crippen LogP contribution in [-0.2, 0) is 12.8 Å². The number of rotatable bonds is 7. The summed E-state index contributed by atoms with van der Waals surface area (Å²) in [5.74, 6) is 2.42. The third kappa shape index (κ3) is 5.46. The standard InChI is InChI=1S/C25H30N4O3/c1-18-6-3-4-8-22(18)24-27-23(32-28-24)16-20-7-5-15-29(17-20)25(30)26-14-13-19-9-11-21(31-2)12-10-19/h3-4,6,8-12,20H,5,7,13-17H2,1-2H3,(H,26,30)/t20-/m1/s1. The van der Waals surface area contributed by atoms with Crippen molar-refractivity contribution in [2.45, 2.75) is 32.6 Å². The molecule has 4 rings (SSSR count). The maximum absolute atomic E-state index is 12.7. The van der Waals surface area contributed by atoms with Gasteiger partial charge in [-0.1, -0.05) is 41.6 Å². The predicted molar refractivity (Wildman–Crippen MR) is 123 cm³/mol. The van der Waals surface area contributed by atoms with E-state index in [4.69, 9.17) is 9.26 Å². The molecule has 0 bridgehead atoms. The number of amides is 2. The van der Waals surface area contributed by atoms with E-state index in [1.165, 1.54) is 5.56 Å². The molecule has 1 N–H and O–H groups in total. The average Bonchev–Trinajstić information content (AvgIpc) is 3.28. The first-order chi connectivity index (χ1) is 15.6. The first kappa shape index (κ1) is 21.9. The topological polar surface area (TPSA) is 80.5 Å². The van der Waals surface area contributed by atoms with E-state index in [9.17, 15) is 4.79 Å². The number of ether oxygens (including phenoxy) is 1. The molecule has 0 spiro atoms. The molecule has 2 heterocycles. The Morgan fingerprint density at radius 3 is 2.81 bits per heavy atom. The molecule has 1 aromatic heterocycles. The van der Waals surface area contributed by atoms with Crippen molar-refractivity contribution in [1.82, 2.24) is 20.4 Å². The molecule has 7 heteroatoms. The number of nitrogens with one attached hydrogen (secondary N) is 1. The second-order valence-corrected chi connectivity index (χ2v) is 8.32. The zero-order valence-electron chi connectivity index (χ0n) is 18.7. The molecule has 3 aromatic rings. The Kier molecular flexibility index (Phi) is 7.04. The van der Waals surface area contributed by atoms with Crippen LogP contribution in [0.3, 0.4) is 0 Å². The van der Waals surface area contributed by atoms with E-state index >= 15 is 0 Å². The van der Waals surface area contributed by atoms with Gasteiger partial charge in [-0.2, -0.15) is 4.98 Å². The van der Waals surface area contributed by atoms with E-state index in [1.54, 1.807) is 7.11 Å². The highest BCUT2D eigenvalue weighted by Gasteiger charge is 2.25. The Bertz CT molecular complexity index is 1030. The van der Waals surface area contributed by atoms with Gasteiger partial charge < -0.3 is 19.5 Å². The number of nitrogens with zero attached hydrogens (tertiary/aromatic N) is 3. The SMILES string of the molecule is COc1ccc(CCNC(=O)N2CCC[C@H](Cc3nc(-c4ccccc4C)no3)C2)cc1. The molecule has 1 fully saturated rings. The van der Waals surface area contributed by atoms with Crippen LogP contribution in [0.5, 0.6) is 5.75 Å². The lowest BCUT2D eigenvalue weighted by Gasteiger charge is -2.32. The van der Waals surface area contributed by atoms with Crippen LogP contribution in [0.25, 0.3) is 11.4 Å². The molecule has 0 radical (unpaired) electrons. The molecule has 0 unspecified atom stereocenters. The van der Waals surface area contributed by atoms with E-state index < -0.39 is 0 Å². The van der Waals surface area contributed by atoms with E-state index in [-0.39, 0.29) is 6.03 Å². The molecule has 1 aliphatic rings. The first-order valence-electron chi connectivity index (χ1n) is 11.2. The number of hydrogen-bond donors (Lipinski definition) is 1. The Labute approximate surface area is 188 Å². The van der Waals surface area contributed by atoms with Gasteiger partial charge in [0.05, 0.1) is 7.11 Å². The van der Waals surface area contributed by atoms with E-state index in [2.05, 4.69) is 15.5 Å². The van der Waals surface area contributed by atoms with Gasteiger partial charge in [-0.25, -0.2) is 4.79 Å². The summed E-state index contributed by atoms with van der Waals surface area (Å²) in [6.45, 7) is 4.13. The number of urea groups is 1. The number of aryl methyl sites for hydroxylation is 1. The minimum Gasteiger partial charge on any atom is -0.497 e.